The Bertz CT molecular complexity index is 1030. The van der Waals surface area contributed by atoms with Crippen LogP contribution < -0.4 is 16.0 Å². The number of aryl methyl sites for hydroxylation is 1. The average Bonchev–Trinajstić information content (AvgIpc) is 2.69. The second-order valence-electron chi connectivity index (χ2n) is 6.23. The molecular formula is C21H22N4O3. The van der Waals surface area contributed by atoms with Gasteiger partial charge in [0.25, 0.3) is 0 Å². The highest BCUT2D eigenvalue weighted by Crippen LogP contribution is 2.28. The van der Waals surface area contributed by atoms with E-state index in [9.17, 15) is 9.59 Å². The van der Waals surface area contributed by atoms with Crippen LogP contribution in [0.5, 0.6) is 0 Å². The number of pyridine rings is 1. The monoisotopic (exact) mass is 378 g/mol. The lowest BCUT2D eigenvalue weighted by atomic mass is 10.1. The highest BCUT2D eigenvalue weighted by atomic mass is 16.5. The minimum Gasteiger partial charge on any atom is -0.465 e. The summed E-state index contributed by atoms with van der Waals surface area (Å²) >= 11 is 0. The van der Waals surface area contributed by atoms with Crippen molar-refractivity contribution in [1.29, 1.82) is 0 Å². The number of methoxy groups -OCH3 is 1. The first-order chi connectivity index (χ1) is 13.5. The minimum atomic E-state index is -0.373. The second-order valence-corrected chi connectivity index (χ2v) is 6.23. The maximum Gasteiger partial charge on any atom is 0.338 e. The van der Waals surface area contributed by atoms with Gasteiger partial charge in [0, 0.05) is 29.5 Å². The number of urea groups is 1. The normalized spacial score (nSPS) is 10.4. The lowest BCUT2D eigenvalue weighted by molar-refractivity contribution is 0.0600. The molecule has 0 atom stereocenters. The van der Waals surface area contributed by atoms with Crippen molar-refractivity contribution < 1.29 is 14.3 Å². The van der Waals surface area contributed by atoms with E-state index in [0.717, 1.165) is 27.7 Å². The van der Waals surface area contributed by atoms with Crippen molar-refractivity contribution in [2.75, 3.05) is 24.3 Å². The first kappa shape index (κ1) is 19.2. The molecule has 0 unspecified atom stereocenters. The van der Waals surface area contributed by atoms with Crippen LogP contribution in [0.25, 0.3) is 10.8 Å². The van der Waals surface area contributed by atoms with Crippen molar-refractivity contribution in [3.05, 3.63) is 59.8 Å². The molecule has 7 heteroatoms. The fourth-order valence-corrected chi connectivity index (χ4v) is 2.86. The molecular weight excluding hydrogens is 356 g/mol. The number of ether oxygens (including phenoxy) is 1. The number of nitrogens with zero attached hydrogens (tertiary/aromatic N) is 1. The van der Waals surface area contributed by atoms with Crippen LogP contribution in [0.1, 0.15) is 22.8 Å². The number of nitrogens with one attached hydrogen (secondary N) is 3. The molecule has 0 fully saturated rings. The molecule has 0 saturated heterocycles. The van der Waals surface area contributed by atoms with Gasteiger partial charge in [-0.3, -0.25) is 5.32 Å². The molecule has 3 N–H and O–H groups in total. The van der Waals surface area contributed by atoms with Gasteiger partial charge < -0.3 is 15.4 Å². The van der Waals surface area contributed by atoms with Gasteiger partial charge in [0.05, 0.1) is 12.7 Å². The Morgan fingerprint density at radius 1 is 1.14 bits per heavy atom. The van der Waals surface area contributed by atoms with Crippen LogP contribution in [0, 0.1) is 6.92 Å². The van der Waals surface area contributed by atoms with Crippen molar-refractivity contribution in [1.82, 2.24) is 10.3 Å². The largest absolute Gasteiger partial charge is 0.465 e. The van der Waals surface area contributed by atoms with Gasteiger partial charge in [0.1, 0.15) is 5.82 Å². The number of hydrogen-bond donors (Lipinski definition) is 3. The molecule has 0 aliphatic rings. The number of esters is 1. The zero-order valence-electron chi connectivity index (χ0n) is 16.0. The Labute approximate surface area is 163 Å². The van der Waals surface area contributed by atoms with Gasteiger partial charge in [-0.25, -0.2) is 14.6 Å². The first-order valence-electron chi connectivity index (χ1n) is 8.91. The predicted octanol–water partition coefficient (Wildman–Crippen LogP) is 4.21. The van der Waals surface area contributed by atoms with E-state index in [1.54, 1.807) is 12.3 Å². The van der Waals surface area contributed by atoms with Crippen LogP contribution in [0.2, 0.25) is 0 Å². The molecule has 0 spiro atoms. The summed E-state index contributed by atoms with van der Waals surface area (Å²) in [6.07, 6.45) is 1.70. The molecule has 0 radical (unpaired) electrons. The van der Waals surface area contributed by atoms with Gasteiger partial charge in [-0.05, 0) is 49.1 Å². The molecule has 0 aliphatic carbocycles. The number of anilines is 3. The van der Waals surface area contributed by atoms with Crippen LogP contribution in [-0.4, -0.2) is 30.6 Å². The van der Waals surface area contributed by atoms with Crippen molar-refractivity contribution in [3.63, 3.8) is 0 Å². The lowest BCUT2D eigenvalue weighted by Gasteiger charge is -2.13. The van der Waals surface area contributed by atoms with Gasteiger partial charge in [0.15, 0.2) is 0 Å². The standard InChI is InChI=1S/C21H22N4O3/c1-4-22-21(27)25-19-10-14-6-5-7-18(17(14)12-23-19)24-15-9-8-13(2)16(11-15)20(26)28-3/h5-12,24H,4H2,1-3H3,(H2,22,23,25,27). The summed E-state index contributed by atoms with van der Waals surface area (Å²) in [6, 6.07) is 12.8. The molecule has 2 amide bonds. The van der Waals surface area contributed by atoms with Crippen molar-refractivity contribution >= 4 is 40.0 Å². The van der Waals surface area contributed by atoms with E-state index in [-0.39, 0.29) is 12.0 Å². The van der Waals surface area contributed by atoms with Gasteiger partial charge in [-0.2, -0.15) is 0 Å². The Morgan fingerprint density at radius 2 is 1.96 bits per heavy atom. The van der Waals surface area contributed by atoms with Gasteiger partial charge >= 0.3 is 12.0 Å². The van der Waals surface area contributed by atoms with Crippen molar-refractivity contribution in [3.8, 4) is 0 Å². The zero-order chi connectivity index (χ0) is 20.1. The van der Waals surface area contributed by atoms with E-state index in [1.807, 2.05) is 50.2 Å². The smallest absolute Gasteiger partial charge is 0.338 e. The molecule has 0 saturated carbocycles. The summed E-state index contributed by atoms with van der Waals surface area (Å²) in [5.41, 5.74) is 2.97. The molecule has 28 heavy (non-hydrogen) atoms. The summed E-state index contributed by atoms with van der Waals surface area (Å²) < 4.78 is 4.84. The van der Waals surface area contributed by atoms with Crippen LogP contribution in [0.15, 0.2) is 48.7 Å². The maximum absolute atomic E-state index is 11.9. The topological polar surface area (TPSA) is 92.4 Å². The fraction of sp³-hybridized carbons (Fsp3) is 0.190. The highest BCUT2D eigenvalue weighted by molar-refractivity contribution is 5.98. The van der Waals surface area contributed by atoms with E-state index in [4.69, 9.17) is 4.74 Å². The molecule has 7 nitrogen and oxygen atoms in total. The SMILES string of the molecule is CCNC(=O)Nc1cc2cccc(Nc3ccc(C)c(C(=O)OC)c3)c2cn1. The summed E-state index contributed by atoms with van der Waals surface area (Å²) in [5, 5.41) is 10.5. The van der Waals surface area contributed by atoms with Crippen LogP contribution in [-0.2, 0) is 4.74 Å². The molecule has 3 aromatic rings. The summed E-state index contributed by atoms with van der Waals surface area (Å²) in [5.74, 6) is 0.0979. The number of carbonyl (C=O) groups is 2. The summed E-state index contributed by atoms with van der Waals surface area (Å²) in [4.78, 5) is 27.9. The Kier molecular flexibility index (Phi) is 5.74. The number of fused-ring (bicyclic) bond motifs is 1. The summed E-state index contributed by atoms with van der Waals surface area (Å²) in [6.45, 7) is 4.25. The number of hydrogen-bond acceptors (Lipinski definition) is 5. The van der Waals surface area contributed by atoms with Gasteiger partial charge in [0.2, 0.25) is 0 Å². The number of amides is 2. The minimum absolute atomic E-state index is 0.293. The predicted molar refractivity (Wildman–Crippen MR) is 110 cm³/mol. The zero-order valence-corrected chi connectivity index (χ0v) is 16.0. The maximum atomic E-state index is 11.9. The summed E-state index contributed by atoms with van der Waals surface area (Å²) in [7, 11) is 1.37. The number of benzene rings is 2. The molecule has 2 aromatic carbocycles. The number of rotatable bonds is 5. The van der Waals surface area contributed by atoms with E-state index < -0.39 is 0 Å². The van der Waals surface area contributed by atoms with E-state index in [2.05, 4.69) is 20.9 Å². The Morgan fingerprint density at radius 3 is 2.71 bits per heavy atom. The van der Waals surface area contributed by atoms with Crippen LogP contribution in [0.3, 0.4) is 0 Å². The van der Waals surface area contributed by atoms with E-state index in [0.29, 0.717) is 17.9 Å². The van der Waals surface area contributed by atoms with Crippen LogP contribution >= 0.6 is 0 Å². The van der Waals surface area contributed by atoms with E-state index >= 15 is 0 Å². The number of aromatic nitrogens is 1. The molecule has 144 valence electrons. The quantitative estimate of drug-likeness (QED) is 0.578. The molecule has 0 aliphatic heterocycles. The third-order valence-electron chi connectivity index (χ3n) is 4.27. The van der Waals surface area contributed by atoms with Crippen molar-refractivity contribution in [2.24, 2.45) is 0 Å². The average molecular weight is 378 g/mol. The van der Waals surface area contributed by atoms with Gasteiger partial charge in [-0.15, -0.1) is 0 Å². The van der Waals surface area contributed by atoms with Crippen molar-refractivity contribution in [2.45, 2.75) is 13.8 Å². The molecule has 1 heterocycles. The Hall–Kier alpha value is -3.61. The highest BCUT2D eigenvalue weighted by Gasteiger charge is 2.11. The van der Waals surface area contributed by atoms with Crippen LogP contribution in [0.4, 0.5) is 22.0 Å². The molecule has 1 aromatic heterocycles. The molecule has 3 rings (SSSR count). The fourth-order valence-electron chi connectivity index (χ4n) is 2.86. The Balaban J connectivity index is 1.90. The molecule has 0 bridgehead atoms. The van der Waals surface area contributed by atoms with E-state index in [1.165, 1.54) is 7.11 Å². The second kappa shape index (κ2) is 8.39. The number of carbonyl (C=O) groups excluding carboxylic acids is 2. The lowest BCUT2D eigenvalue weighted by Crippen LogP contribution is -2.28. The third kappa shape index (κ3) is 4.20. The first-order valence-corrected chi connectivity index (χ1v) is 8.91. The van der Waals surface area contributed by atoms with Gasteiger partial charge in [-0.1, -0.05) is 18.2 Å². The third-order valence-corrected chi connectivity index (χ3v) is 4.27.